The van der Waals surface area contributed by atoms with Crippen LogP contribution in [0, 0.1) is 0 Å². The Hall–Kier alpha value is -1.44. The van der Waals surface area contributed by atoms with E-state index in [1.54, 1.807) is 0 Å². The maximum Gasteiger partial charge on any atom is 0.0620 e. The molecule has 11 heavy (non-hydrogen) atoms. The van der Waals surface area contributed by atoms with E-state index in [1.165, 1.54) is 5.70 Å². The fourth-order valence-electron chi connectivity index (χ4n) is 1.23. The minimum atomic E-state index is 0.812. The van der Waals surface area contributed by atoms with E-state index in [0.717, 1.165) is 12.2 Å². The van der Waals surface area contributed by atoms with Crippen molar-refractivity contribution in [1.82, 2.24) is 4.90 Å². The van der Waals surface area contributed by atoms with Gasteiger partial charge < -0.3 is 10.6 Å². The number of fused-ring (bicyclic) bond motifs is 1. The van der Waals surface area contributed by atoms with E-state index in [4.69, 9.17) is 5.73 Å². The van der Waals surface area contributed by atoms with Gasteiger partial charge in [0.1, 0.15) is 0 Å². The first-order chi connectivity index (χ1) is 5.36. The Morgan fingerprint density at radius 1 is 1.27 bits per heavy atom. The smallest absolute Gasteiger partial charge is 0.0620 e. The van der Waals surface area contributed by atoms with Crippen LogP contribution in [0.3, 0.4) is 0 Å². The van der Waals surface area contributed by atoms with Crippen molar-refractivity contribution >= 4 is 0 Å². The summed E-state index contributed by atoms with van der Waals surface area (Å²) in [6.45, 7) is 0.812. The van der Waals surface area contributed by atoms with E-state index >= 15 is 0 Å². The normalized spacial score (nSPS) is 20.9. The monoisotopic (exact) mass is 146 g/mol. The average Bonchev–Trinajstić information content (AvgIpc) is 2.04. The number of nitrogens with two attached hydrogens (primary N) is 1. The first-order valence-electron chi connectivity index (χ1n) is 3.64. The zero-order chi connectivity index (χ0) is 7.68. The van der Waals surface area contributed by atoms with Crippen LogP contribution in [-0.2, 0) is 0 Å². The van der Waals surface area contributed by atoms with Gasteiger partial charge in [-0.15, -0.1) is 0 Å². The van der Waals surface area contributed by atoms with E-state index in [-0.39, 0.29) is 0 Å². The molecule has 0 amide bonds. The third-order valence-corrected chi connectivity index (χ3v) is 1.80. The summed E-state index contributed by atoms with van der Waals surface area (Å²) in [5.41, 5.74) is 7.78. The fourth-order valence-corrected chi connectivity index (χ4v) is 1.23. The maximum atomic E-state index is 5.66. The predicted octanol–water partition coefficient (Wildman–Crippen LogP) is 1.11. The van der Waals surface area contributed by atoms with Gasteiger partial charge in [-0.3, -0.25) is 0 Å². The molecular weight excluding hydrogens is 136 g/mol. The molecule has 2 aliphatic heterocycles. The number of hydrogen-bond acceptors (Lipinski definition) is 2. The van der Waals surface area contributed by atoms with Crippen LogP contribution in [0.4, 0.5) is 0 Å². The summed E-state index contributed by atoms with van der Waals surface area (Å²) in [6, 6.07) is 0. The minimum absolute atomic E-state index is 0.812. The third-order valence-electron chi connectivity index (χ3n) is 1.80. The van der Waals surface area contributed by atoms with Gasteiger partial charge in [0, 0.05) is 17.6 Å². The predicted molar refractivity (Wildman–Crippen MR) is 45.3 cm³/mol. The molecule has 0 saturated carbocycles. The lowest BCUT2D eigenvalue weighted by atomic mass is 10.2. The lowest BCUT2D eigenvalue weighted by Crippen LogP contribution is -2.25. The number of allylic oxidation sites excluding steroid dienone is 5. The highest BCUT2D eigenvalue weighted by molar-refractivity contribution is 5.35. The van der Waals surface area contributed by atoms with Gasteiger partial charge in [-0.2, -0.15) is 0 Å². The molecule has 2 rings (SSSR count). The zero-order valence-electron chi connectivity index (χ0n) is 6.20. The summed E-state index contributed by atoms with van der Waals surface area (Å²) < 4.78 is 0. The second-order valence-corrected chi connectivity index (χ2v) is 2.66. The number of nitrogens with zero attached hydrogens (tertiary/aromatic N) is 1. The van der Waals surface area contributed by atoms with Crippen molar-refractivity contribution < 1.29 is 0 Å². The van der Waals surface area contributed by atoms with Crippen molar-refractivity contribution in [1.29, 1.82) is 0 Å². The van der Waals surface area contributed by atoms with Crippen LogP contribution in [0.1, 0.15) is 0 Å². The standard InChI is InChI=1S/C9H10N2/c10-8-4-5-9-3-1-2-6-11(9)7-8/h1-6H,7,10H2. The van der Waals surface area contributed by atoms with E-state index in [0.29, 0.717) is 0 Å². The van der Waals surface area contributed by atoms with Crippen molar-refractivity contribution in [2.24, 2.45) is 5.73 Å². The molecule has 2 heterocycles. The van der Waals surface area contributed by atoms with Gasteiger partial charge in [0.2, 0.25) is 0 Å². The van der Waals surface area contributed by atoms with Gasteiger partial charge in [-0.25, -0.2) is 0 Å². The van der Waals surface area contributed by atoms with Crippen LogP contribution < -0.4 is 5.73 Å². The molecule has 0 aromatic heterocycles. The highest BCUT2D eigenvalue weighted by Crippen LogP contribution is 2.16. The van der Waals surface area contributed by atoms with E-state index in [9.17, 15) is 0 Å². The highest BCUT2D eigenvalue weighted by Gasteiger charge is 2.09. The Balaban J connectivity index is 2.33. The zero-order valence-corrected chi connectivity index (χ0v) is 6.20. The highest BCUT2D eigenvalue weighted by atomic mass is 15.1. The maximum absolute atomic E-state index is 5.66. The Morgan fingerprint density at radius 3 is 3.09 bits per heavy atom. The first-order valence-corrected chi connectivity index (χ1v) is 3.64. The lowest BCUT2D eigenvalue weighted by Gasteiger charge is -2.26. The van der Waals surface area contributed by atoms with Crippen molar-refractivity contribution in [3.05, 3.63) is 48.0 Å². The molecule has 0 radical (unpaired) electrons. The first kappa shape index (κ1) is 6.28. The SMILES string of the molecule is NC1=CC=C2C=CC=CN2C1. The van der Waals surface area contributed by atoms with Crippen LogP contribution in [-0.4, -0.2) is 11.4 Å². The summed E-state index contributed by atoms with van der Waals surface area (Å²) >= 11 is 0. The van der Waals surface area contributed by atoms with Gasteiger partial charge in [0.15, 0.2) is 0 Å². The topological polar surface area (TPSA) is 29.3 Å². The molecule has 56 valence electrons. The van der Waals surface area contributed by atoms with Crippen molar-refractivity contribution in [2.45, 2.75) is 0 Å². The summed E-state index contributed by atoms with van der Waals surface area (Å²) in [5, 5.41) is 0. The molecule has 2 aliphatic rings. The van der Waals surface area contributed by atoms with E-state index < -0.39 is 0 Å². The molecule has 0 atom stereocenters. The average molecular weight is 146 g/mol. The molecule has 0 fully saturated rings. The second-order valence-electron chi connectivity index (χ2n) is 2.66. The lowest BCUT2D eigenvalue weighted by molar-refractivity contribution is 0.506. The second kappa shape index (κ2) is 2.31. The molecule has 0 spiro atoms. The number of hydrogen-bond donors (Lipinski definition) is 1. The summed E-state index contributed by atoms with van der Waals surface area (Å²) in [4.78, 5) is 2.12. The van der Waals surface area contributed by atoms with Crippen LogP contribution in [0.5, 0.6) is 0 Å². The molecule has 0 aliphatic carbocycles. The van der Waals surface area contributed by atoms with Crippen molar-refractivity contribution in [3.8, 4) is 0 Å². The Labute approximate surface area is 66.0 Å². The van der Waals surface area contributed by atoms with Crippen LogP contribution >= 0.6 is 0 Å². The molecular formula is C9H10N2. The van der Waals surface area contributed by atoms with Crippen molar-refractivity contribution in [3.63, 3.8) is 0 Å². The molecule has 0 aromatic rings. The van der Waals surface area contributed by atoms with Gasteiger partial charge in [-0.1, -0.05) is 6.08 Å². The summed E-state index contributed by atoms with van der Waals surface area (Å²) in [7, 11) is 0. The molecule has 0 unspecified atom stereocenters. The van der Waals surface area contributed by atoms with E-state index in [2.05, 4.69) is 11.0 Å². The van der Waals surface area contributed by atoms with Crippen LogP contribution in [0.15, 0.2) is 48.0 Å². The van der Waals surface area contributed by atoms with Gasteiger partial charge in [0.05, 0.1) is 6.54 Å². The molecule has 0 bridgehead atoms. The minimum Gasteiger partial charge on any atom is -0.401 e. The quantitative estimate of drug-likeness (QED) is 0.554. The van der Waals surface area contributed by atoms with Crippen LogP contribution in [0.2, 0.25) is 0 Å². The largest absolute Gasteiger partial charge is 0.401 e. The fraction of sp³-hybridized carbons (Fsp3) is 0.111. The molecule has 2 heteroatoms. The van der Waals surface area contributed by atoms with Gasteiger partial charge in [-0.05, 0) is 24.3 Å². The van der Waals surface area contributed by atoms with Gasteiger partial charge in [0.25, 0.3) is 0 Å². The summed E-state index contributed by atoms with van der Waals surface area (Å²) in [5.74, 6) is 0. The Kier molecular flexibility index (Phi) is 1.32. The molecule has 0 saturated heterocycles. The van der Waals surface area contributed by atoms with Crippen molar-refractivity contribution in [2.75, 3.05) is 6.54 Å². The summed E-state index contributed by atoms with van der Waals surface area (Å²) in [6.07, 6.45) is 12.1. The number of rotatable bonds is 0. The third kappa shape index (κ3) is 1.07. The molecule has 2 N–H and O–H groups in total. The van der Waals surface area contributed by atoms with Crippen LogP contribution in [0.25, 0.3) is 0 Å². The Bertz CT molecular complexity index is 282. The van der Waals surface area contributed by atoms with E-state index in [1.807, 2.05) is 30.5 Å². The molecule has 0 aromatic carbocycles. The van der Waals surface area contributed by atoms with Gasteiger partial charge >= 0.3 is 0 Å². The Morgan fingerprint density at radius 2 is 2.18 bits per heavy atom. The molecule has 2 nitrogen and oxygen atoms in total.